The predicted octanol–water partition coefficient (Wildman–Crippen LogP) is -3.01. The molecule has 0 spiro atoms. The molecular weight excluding hydrogens is 504 g/mol. The van der Waals surface area contributed by atoms with Gasteiger partial charge >= 0.3 is 0 Å². The lowest BCUT2D eigenvalue weighted by molar-refractivity contribution is -0.359. The van der Waals surface area contributed by atoms with Gasteiger partial charge in [0, 0.05) is 40.9 Å². The molecule has 3 saturated carbocycles. The van der Waals surface area contributed by atoms with Crippen LogP contribution in [0.2, 0.25) is 0 Å². The van der Waals surface area contributed by atoms with E-state index in [2.05, 4.69) is 6.58 Å². The van der Waals surface area contributed by atoms with Crippen LogP contribution in [0.5, 0.6) is 0 Å². The Balaban J connectivity index is 1.77. The van der Waals surface area contributed by atoms with E-state index in [1.165, 1.54) is 6.08 Å². The smallest absolute Gasteiger partial charge is 0.187 e. The molecule has 1 saturated heterocycles. The largest absolute Gasteiger partial charge is 0.396 e. The van der Waals surface area contributed by atoms with Crippen molar-refractivity contribution in [2.24, 2.45) is 28.1 Å². The molecule has 1 aliphatic heterocycles. The van der Waals surface area contributed by atoms with E-state index in [9.17, 15) is 51.1 Å². The quantitative estimate of drug-likeness (QED) is 0.123. The molecule has 38 heavy (non-hydrogen) atoms. The van der Waals surface area contributed by atoms with E-state index in [1.54, 1.807) is 20.8 Å². The van der Waals surface area contributed by atoms with Crippen LogP contribution >= 0.6 is 0 Å². The van der Waals surface area contributed by atoms with Crippen LogP contribution in [-0.4, -0.2) is 131 Å². The summed E-state index contributed by atoms with van der Waals surface area (Å²) in [6, 6.07) is 0. The minimum atomic E-state index is -1.74. The van der Waals surface area contributed by atoms with Gasteiger partial charge in [0.25, 0.3) is 0 Å². The zero-order valence-corrected chi connectivity index (χ0v) is 22.0. The van der Waals surface area contributed by atoms with Crippen LogP contribution in [-0.2, 0) is 9.47 Å². The Bertz CT molecular complexity index is 888. The maximum absolute atomic E-state index is 12.0. The van der Waals surface area contributed by atoms with Crippen molar-refractivity contribution in [2.45, 2.75) is 107 Å². The summed E-state index contributed by atoms with van der Waals surface area (Å²) in [5.74, 6) is -2.04. The number of aliphatic hydroxyl groups is 10. The Morgan fingerprint density at radius 3 is 2.08 bits per heavy atom. The monoisotopic (exact) mass is 548 g/mol. The third-order valence-corrected chi connectivity index (χ3v) is 10.4. The molecule has 0 aromatic carbocycles. The maximum atomic E-state index is 12.0. The van der Waals surface area contributed by atoms with E-state index in [1.807, 2.05) is 0 Å². The molecule has 4 aliphatic rings. The summed E-state index contributed by atoms with van der Waals surface area (Å²) in [5.41, 5.74) is -5.53. The molecule has 220 valence electrons. The van der Waals surface area contributed by atoms with E-state index in [0.717, 1.165) is 0 Å². The van der Waals surface area contributed by atoms with Crippen molar-refractivity contribution in [3.05, 3.63) is 12.7 Å². The second kappa shape index (κ2) is 9.97. The molecule has 12 heteroatoms. The topological polar surface area (TPSA) is 221 Å². The van der Waals surface area contributed by atoms with Crippen molar-refractivity contribution in [1.82, 2.24) is 0 Å². The number of hydrogen-bond acceptors (Lipinski definition) is 12. The predicted molar refractivity (Wildman–Crippen MR) is 130 cm³/mol. The molecule has 1 heterocycles. The highest BCUT2D eigenvalue weighted by atomic mass is 16.7. The van der Waals surface area contributed by atoms with Crippen molar-refractivity contribution in [3.63, 3.8) is 0 Å². The Morgan fingerprint density at radius 2 is 1.53 bits per heavy atom. The molecule has 12 nitrogen and oxygen atoms in total. The maximum Gasteiger partial charge on any atom is 0.187 e. The molecule has 16 atom stereocenters. The van der Waals surface area contributed by atoms with Crippen LogP contribution in [0.25, 0.3) is 0 Å². The van der Waals surface area contributed by atoms with Gasteiger partial charge in [-0.25, -0.2) is 0 Å². The Hall–Kier alpha value is -0.740. The first-order chi connectivity index (χ1) is 17.6. The van der Waals surface area contributed by atoms with Gasteiger partial charge in [0.15, 0.2) is 6.29 Å². The Labute approximate surface area is 221 Å². The van der Waals surface area contributed by atoms with Gasteiger partial charge in [-0.3, -0.25) is 0 Å². The van der Waals surface area contributed by atoms with Crippen LogP contribution in [0, 0.1) is 28.1 Å². The van der Waals surface area contributed by atoms with Gasteiger partial charge in [-0.1, -0.05) is 26.8 Å². The molecule has 10 N–H and O–H groups in total. The van der Waals surface area contributed by atoms with Crippen molar-refractivity contribution < 1.29 is 60.5 Å². The molecule has 0 aromatic rings. The number of fused-ring (bicyclic) bond motifs is 3. The lowest BCUT2D eigenvalue weighted by atomic mass is 9.39. The minimum absolute atomic E-state index is 0.0716. The zero-order chi connectivity index (χ0) is 28.6. The van der Waals surface area contributed by atoms with Gasteiger partial charge in [0.1, 0.15) is 24.4 Å². The fourth-order valence-electron chi connectivity index (χ4n) is 8.45. The highest BCUT2D eigenvalue weighted by molar-refractivity contribution is 5.24. The van der Waals surface area contributed by atoms with Crippen molar-refractivity contribution in [3.8, 4) is 0 Å². The fraction of sp³-hybridized carbons (Fsp3) is 0.923. The molecule has 4 rings (SSSR count). The van der Waals surface area contributed by atoms with Gasteiger partial charge in [-0.05, 0) is 6.42 Å². The van der Waals surface area contributed by atoms with Crippen molar-refractivity contribution in [2.75, 3.05) is 13.2 Å². The van der Waals surface area contributed by atoms with E-state index in [0.29, 0.717) is 0 Å². The fourth-order valence-corrected chi connectivity index (χ4v) is 8.45. The molecular formula is C26H44O12. The first kappa shape index (κ1) is 30.2. The summed E-state index contributed by atoms with van der Waals surface area (Å²) in [6.07, 6.45) is -13.3. The van der Waals surface area contributed by atoms with Crippen molar-refractivity contribution >= 4 is 0 Å². The Morgan fingerprint density at radius 1 is 0.895 bits per heavy atom. The molecule has 4 fully saturated rings. The summed E-state index contributed by atoms with van der Waals surface area (Å²) in [4.78, 5) is 0. The van der Waals surface area contributed by atoms with Gasteiger partial charge < -0.3 is 60.5 Å². The average Bonchev–Trinajstić information content (AvgIpc) is 2.84. The Kier molecular flexibility index (Phi) is 7.93. The van der Waals surface area contributed by atoms with Gasteiger partial charge in [0.2, 0.25) is 0 Å². The molecule has 0 bridgehead atoms. The SMILES string of the molecule is C=C[C@]1(C)C[C@]2(O)C[C@@H](O)C3[C@@](C)(C2[C@H](O)[C@H]1O[C@@H]1O[C@H](CO)[C@@H](O)[C@H](O)[C@H]1O)[C@H](O)C[C@@H](O)[C@]3(C)CO. The molecule has 0 aromatic heterocycles. The third-order valence-electron chi connectivity index (χ3n) is 10.4. The van der Waals surface area contributed by atoms with E-state index in [4.69, 9.17) is 9.47 Å². The number of ether oxygens (including phenoxy) is 2. The number of aliphatic hydroxyl groups excluding tert-OH is 9. The first-order valence-corrected chi connectivity index (χ1v) is 13.2. The molecule has 0 amide bonds. The lowest BCUT2D eigenvalue weighted by Gasteiger charge is -2.69. The third kappa shape index (κ3) is 4.12. The van der Waals surface area contributed by atoms with Gasteiger partial charge in [0.05, 0.1) is 49.3 Å². The number of hydrogen-bond donors (Lipinski definition) is 10. The van der Waals surface area contributed by atoms with Gasteiger partial charge in [-0.2, -0.15) is 0 Å². The first-order valence-electron chi connectivity index (χ1n) is 13.2. The van der Waals surface area contributed by atoms with Crippen LogP contribution in [0.15, 0.2) is 12.7 Å². The standard InChI is InChI=1S/C26H44O12/c1-5-23(2)9-26(36)7-11(29)19-24(3,10-28)13(30)6-14(31)25(19,4)20(26)18(35)21(23)38-22-17(34)16(33)15(32)12(8-27)37-22/h5,11-22,27-36H,1,6-10H2,2-4H3/t11-,12-,13-,14-,15-,16+,17-,18+,19?,20?,21-,22+,23-,24+,25+,26-/m1/s1. The zero-order valence-electron chi connectivity index (χ0n) is 22.0. The summed E-state index contributed by atoms with van der Waals surface area (Å²) < 4.78 is 11.6. The van der Waals surface area contributed by atoms with Crippen LogP contribution < -0.4 is 0 Å². The summed E-state index contributed by atoms with van der Waals surface area (Å²) in [6.45, 7) is 7.54. The van der Waals surface area contributed by atoms with Crippen LogP contribution in [0.4, 0.5) is 0 Å². The minimum Gasteiger partial charge on any atom is -0.396 e. The van der Waals surface area contributed by atoms with E-state index < -0.39 is 108 Å². The van der Waals surface area contributed by atoms with Gasteiger partial charge in [-0.15, -0.1) is 6.58 Å². The van der Waals surface area contributed by atoms with Crippen LogP contribution in [0.1, 0.15) is 40.0 Å². The van der Waals surface area contributed by atoms with E-state index >= 15 is 0 Å². The second-order valence-corrected chi connectivity index (χ2v) is 12.8. The summed E-state index contributed by atoms with van der Waals surface area (Å²) in [7, 11) is 0. The summed E-state index contributed by atoms with van der Waals surface area (Å²) >= 11 is 0. The molecule has 3 aliphatic carbocycles. The second-order valence-electron chi connectivity index (χ2n) is 12.8. The lowest BCUT2D eigenvalue weighted by Crippen LogP contribution is -2.77. The molecule has 0 radical (unpaired) electrons. The van der Waals surface area contributed by atoms with Crippen molar-refractivity contribution in [1.29, 1.82) is 0 Å². The van der Waals surface area contributed by atoms with E-state index in [-0.39, 0.29) is 19.3 Å². The number of rotatable bonds is 5. The molecule has 2 unspecified atom stereocenters. The van der Waals surface area contributed by atoms with Crippen LogP contribution in [0.3, 0.4) is 0 Å². The normalized spacial score (nSPS) is 59.1. The summed E-state index contributed by atoms with van der Waals surface area (Å²) in [5, 5.41) is 108. The average molecular weight is 549 g/mol. The highest BCUT2D eigenvalue weighted by Crippen LogP contribution is 2.66. The highest BCUT2D eigenvalue weighted by Gasteiger charge is 2.73.